The second kappa shape index (κ2) is 7.70. The summed E-state index contributed by atoms with van der Waals surface area (Å²) >= 11 is 0. The summed E-state index contributed by atoms with van der Waals surface area (Å²) in [6, 6.07) is 5.23. The highest BCUT2D eigenvalue weighted by molar-refractivity contribution is 5.95. The average molecular weight is 329 g/mol. The Kier molecular flexibility index (Phi) is 6.50. The van der Waals surface area contributed by atoms with E-state index in [-0.39, 0.29) is 18.3 Å². The number of nitrogens with one attached hydrogen (secondary N) is 1. The maximum atomic E-state index is 12.4. The molecule has 124 valence electrons. The Hall–Kier alpha value is -1.46. The lowest BCUT2D eigenvalue weighted by Gasteiger charge is -2.31. The molecule has 1 amide bonds. The van der Waals surface area contributed by atoms with Crippen molar-refractivity contribution < 1.29 is 14.3 Å². The van der Waals surface area contributed by atoms with Crippen LogP contribution in [-0.4, -0.2) is 31.2 Å². The Morgan fingerprint density at radius 2 is 1.95 bits per heavy atom. The van der Waals surface area contributed by atoms with E-state index < -0.39 is 5.54 Å². The number of carbonyl (C=O) groups excluding carboxylic acids is 1. The van der Waals surface area contributed by atoms with E-state index in [0.29, 0.717) is 42.7 Å². The van der Waals surface area contributed by atoms with Crippen LogP contribution in [0.1, 0.15) is 37.6 Å². The normalized spacial score (nSPS) is 15.7. The Morgan fingerprint density at radius 3 is 2.55 bits per heavy atom. The van der Waals surface area contributed by atoms with Crippen molar-refractivity contribution in [3.8, 4) is 11.5 Å². The van der Waals surface area contributed by atoms with Crippen LogP contribution < -0.4 is 20.5 Å². The first kappa shape index (κ1) is 18.6. The Morgan fingerprint density at radius 1 is 1.32 bits per heavy atom. The van der Waals surface area contributed by atoms with Crippen LogP contribution in [0.15, 0.2) is 18.2 Å². The first-order valence-corrected chi connectivity index (χ1v) is 7.36. The minimum Gasteiger partial charge on any atom is -0.486 e. The number of hydrogen-bond acceptors (Lipinski definition) is 4. The molecule has 6 heteroatoms. The summed E-state index contributed by atoms with van der Waals surface area (Å²) in [5, 5.41) is 3.04. The summed E-state index contributed by atoms with van der Waals surface area (Å²) in [4.78, 5) is 12.4. The van der Waals surface area contributed by atoms with Crippen molar-refractivity contribution in [2.24, 2.45) is 11.7 Å². The van der Waals surface area contributed by atoms with E-state index in [0.717, 1.165) is 6.42 Å². The minimum absolute atomic E-state index is 0. The molecule has 1 aliphatic rings. The molecule has 0 fully saturated rings. The van der Waals surface area contributed by atoms with E-state index >= 15 is 0 Å². The van der Waals surface area contributed by atoms with Gasteiger partial charge in [-0.05, 0) is 37.5 Å². The molecule has 0 spiro atoms. The summed E-state index contributed by atoms with van der Waals surface area (Å²) in [5.74, 6) is 1.62. The monoisotopic (exact) mass is 328 g/mol. The van der Waals surface area contributed by atoms with Crippen molar-refractivity contribution >= 4 is 18.3 Å². The molecule has 1 unspecified atom stereocenters. The fourth-order valence-corrected chi connectivity index (χ4v) is 2.62. The molecule has 5 nitrogen and oxygen atoms in total. The SMILES string of the molecule is CC(C)CC(C)(CN)NC(=O)c1ccc2c(c1)OCCO2.Cl. The van der Waals surface area contributed by atoms with Crippen molar-refractivity contribution in [3.05, 3.63) is 23.8 Å². The van der Waals surface area contributed by atoms with Gasteiger partial charge in [-0.15, -0.1) is 12.4 Å². The third-order valence-electron chi connectivity index (χ3n) is 3.53. The van der Waals surface area contributed by atoms with Gasteiger partial charge < -0.3 is 20.5 Å². The predicted molar refractivity (Wildman–Crippen MR) is 89.1 cm³/mol. The van der Waals surface area contributed by atoms with E-state index in [1.165, 1.54) is 0 Å². The van der Waals surface area contributed by atoms with Gasteiger partial charge in [0.2, 0.25) is 0 Å². The number of carbonyl (C=O) groups is 1. The molecule has 1 atom stereocenters. The van der Waals surface area contributed by atoms with E-state index in [1.54, 1.807) is 18.2 Å². The molecule has 1 heterocycles. The van der Waals surface area contributed by atoms with Gasteiger partial charge in [-0.3, -0.25) is 4.79 Å². The van der Waals surface area contributed by atoms with Gasteiger partial charge in [0, 0.05) is 17.6 Å². The molecule has 1 aliphatic heterocycles. The van der Waals surface area contributed by atoms with Crippen molar-refractivity contribution in [2.45, 2.75) is 32.7 Å². The first-order chi connectivity index (χ1) is 9.93. The molecule has 1 aromatic rings. The zero-order chi connectivity index (χ0) is 15.5. The number of rotatable bonds is 5. The lowest BCUT2D eigenvalue weighted by atomic mass is 9.90. The third-order valence-corrected chi connectivity index (χ3v) is 3.53. The number of benzene rings is 1. The number of fused-ring (bicyclic) bond motifs is 1. The topological polar surface area (TPSA) is 73.6 Å². The Labute approximate surface area is 138 Å². The van der Waals surface area contributed by atoms with Gasteiger partial charge in [0.05, 0.1) is 0 Å². The second-order valence-corrected chi connectivity index (χ2v) is 6.18. The molecule has 0 bridgehead atoms. The third kappa shape index (κ3) is 4.52. The average Bonchev–Trinajstić information content (AvgIpc) is 2.45. The number of halogens is 1. The van der Waals surface area contributed by atoms with Gasteiger partial charge in [0.15, 0.2) is 11.5 Å². The molecule has 0 saturated carbocycles. The Bertz CT molecular complexity index is 522. The Balaban J connectivity index is 0.00000242. The standard InChI is InChI=1S/C16H24N2O3.ClH/c1-11(2)9-16(3,10-17)18-15(19)12-4-5-13-14(8-12)21-7-6-20-13;/h4-5,8,11H,6-7,9-10,17H2,1-3H3,(H,18,19);1H. The molecule has 0 aliphatic carbocycles. The largest absolute Gasteiger partial charge is 0.486 e. The maximum absolute atomic E-state index is 12.4. The van der Waals surface area contributed by atoms with Crippen LogP contribution in [0, 0.1) is 5.92 Å². The van der Waals surface area contributed by atoms with Crippen molar-refractivity contribution in [1.29, 1.82) is 0 Å². The highest BCUT2D eigenvalue weighted by Crippen LogP contribution is 2.31. The summed E-state index contributed by atoms with van der Waals surface area (Å²) in [7, 11) is 0. The summed E-state index contributed by atoms with van der Waals surface area (Å²) in [6.07, 6.45) is 0.833. The molecule has 3 N–H and O–H groups in total. The van der Waals surface area contributed by atoms with Crippen LogP contribution in [0.25, 0.3) is 0 Å². The van der Waals surface area contributed by atoms with Gasteiger partial charge in [-0.2, -0.15) is 0 Å². The molecular weight excluding hydrogens is 304 g/mol. The highest BCUT2D eigenvalue weighted by Gasteiger charge is 2.27. The van der Waals surface area contributed by atoms with E-state index in [4.69, 9.17) is 15.2 Å². The number of ether oxygens (including phenoxy) is 2. The summed E-state index contributed by atoms with van der Waals surface area (Å²) < 4.78 is 11.0. The predicted octanol–water partition coefficient (Wildman–Crippen LogP) is 2.37. The minimum atomic E-state index is -0.404. The molecule has 2 rings (SSSR count). The maximum Gasteiger partial charge on any atom is 0.251 e. The van der Waals surface area contributed by atoms with Gasteiger partial charge in [-0.1, -0.05) is 13.8 Å². The quantitative estimate of drug-likeness (QED) is 0.870. The van der Waals surface area contributed by atoms with E-state index in [2.05, 4.69) is 19.2 Å². The van der Waals surface area contributed by atoms with Crippen molar-refractivity contribution in [1.82, 2.24) is 5.32 Å². The first-order valence-electron chi connectivity index (χ1n) is 7.36. The molecule has 1 aromatic carbocycles. The van der Waals surface area contributed by atoms with Crippen LogP contribution in [0.4, 0.5) is 0 Å². The highest BCUT2D eigenvalue weighted by atomic mass is 35.5. The van der Waals surface area contributed by atoms with E-state index in [1.807, 2.05) is 6.92 Å². The zero-order valence-electron chi connectivity index (χ0n) is 13.3. The molecule has 0 saturated heterocycles. The van der Waals surface area contributed by atoms with Crippen molar-refractivity contribution in [3.63, 3.8) is 0 Å². The fourth-order valence-electron chi connectivity index (χ4n) is 2.62. The summed E-state index contributed by atoms with van der Waals surface area (Å²) in [6.45, 7) is 7.66. The number of amides is 1. The van der Waals surface area contributed by atoms with Gasteiger partial charge in [-0.25, -0.2) is 0 Å². The lowest BCUT2D eigenvalue weighted by molar-refractivity contribution is 0.0897. The lowest BCUT2D eigenvalue weighted by Crippen LogP contribution is -2.52. The van der Waals surface area contributed by atoms with Crippen molar-refractivity contribution in [2.75, 3.05) is 19.8 Å². The van der Waals surface area contributed by atoms with Crippen LogP contribution in [0.5, 0.6) is 11.5 Å². The van der Waals surface area contributed by atoms with Gasteiger partial charge in [0.1, 0.15) is 13.2 Å². The molecular formula is C16H25ClN2O3. The van der Waals surface area contributed by atoms with Crippen LogP contribution in [0.3, 0.4) is 0 Å². The van der Waals surface area contributed by atoms with Gasteiger partial charge in [0.25, 0.3) is 5.91 Å². The fraction of sp³-hybridized carbons (Fsp3) is 0.562. The second-order valence-electron chi connectivity index (χ2n) is 6.18. The number of nitrogens with two attached hydrogens (primary N) is 1. The smallest absolute Gasteiger partial charge is 0.251 e. The summed E-state index contributed by atoms with van der Waals surface area (Å²) in [5.41, 5.74) is 5.99. The molecule has 0 radical (unpaired) electrons. The number of hydrogen-bond donors (Lipinski definition) is 2. The molecule has 22 heavy (non-hydrogen) atoms. The molecule has 0 aromatic heterocycles. The van der Waals surface area contributed by atoms with Crippen LogP contribution >= 0.6 is 12.4 Å². The van der Waals surface area contributed by atoms with Crippen LogP contribution in [-0.2, 0) is 0 Å². The zero-order valence-corrected chi connectivity index (χ0v) is 14.2. The van der Waals surface area contributed by atoms with Gasteiger partial charge >= 0.3 is 0 Å². The van der Waals surface area contributed by atoms with E-state index in [9.17, 15) is 4.79 Å². The van der Waals surface area contributed by atoms with Crippen LogP contribution in [0.2, 0.25) is 0 Å².